The number of aromatic nitrogens is 2. The van der Waals surface area contributed by atoms with E-state index in [1.165, 1.54) is 11.2 Å². The molecule has 0 radical (unpaired) electrons. The highest BCUT2D eigenvalue weighted by molar-refractivity contribution is 5.89. The molecule has 3 aliphatic rings. The lowest BCUT2D eigenvalue weighted by atomic mass is 10.2. The van der Waals surface area contributed by atoms with Crippen LogP contribution >= 0.6 is 0 Å². The van der Waals surface area contributed by atoms with Crippen molar-refractivity contribution in [1.29, 1.82) is 0 Å². The fourth-order valence-electron chi connectivity index (χ4n) is 4.15. The van der Waals surface area contributed by atoms with Gasteiger partial charge in [0.2, 0.25) is 12.7 Å². The van der Waals surface area contributed by atoms with Crippen LogP contribution < -0.4 is 15.0 Å². The summed E-state index contributed by atoms with van der Waals surface area (Å²) in [6, 6.07) is 11.2. The summed E-state index contributed by atoms with van der Waals surface area (Å²) < 4.78 is 27.5. The molecule has 1 N–H and O–H groups in total. The Morgan fingerprint density at radius 2 is 1.78 bits per heavy atom. The average molecular weight is 513 g/mol. The second-order valence-electron chi connectivity index (χ2n) is 8.68. The van der Waals surface area contributed by atoms with Crippen molar-refractivity contribution in [1.82, 2.24) is 19.8 Å². The van der Waals surface area contributed by atoms with Gasteiger partial charge in [0.05, 0.1) is 33.0 Å². The average Bonchev–Trinajstić information content (AvgIpc) is 3.48. The highest BCUT2D eigenvalue weighted by Crippen LogP contribution is 2.23. The van der Waals surface area contributed by atoms with Gasteiger partial charge in [-0.15, -0.1) is 0 Å². The maximum Gasteiger partial charge on any atom is 0.330 e. The van der Waals surface area contributed by atoms with Crippen molar-refractivity contribution >= 4 is 17.7 Å². The second kappa shape index (κ2) is 12.6. The molecule has 12 nitrogen and oxygen atoms in total. The normalized spacial score (nSPS) is 17.9. The molecule has 5 rings (SSSR count). The first-order valence-electron chi connectivity index (χ1n) is 12.5. The zero-order chi connectivity index (χ0) is 25.3. The zero-order valence-electron chi connectivity index (χ0n) is 20.7. The first-order valence-corrected chi connectivity index (χ1v) is 12.5. The van der Waals surface area contributed by atoms with Crippen molar-refractivity contribution in [2.75, 3.05) is 82.8 Å². The highest BCUT2D eigenvalue weighted by Gasteiger charge is 2.25. The topological polar surface area (TPSA) is 111 Å². The Morgan fingerprint density at radius 3 is 2.51 bits per heavy atom. The van der Waals surface area contributed by atoms with Gasteiger partial charge in [-0.05, 0) is 5.56 Å². The van der Waals surface area contributed by atoms with Crippen LogP contribution in [0.1, 0.15) is 5.56 Å². The van der Waals surface area contributed by atoms with Gasteiger partial charge in [0.25, 0.3) is 0 Å². The second-order valence-corrected chi connectivity index (χ2v) is 8.68. The van der Waals surface area contributed by atoms with Crippen LogP contribution in [0.3, 0.4) is 0 Å². The summed E-state index contributed by atoms with van der Waals surface area (Å²) >= 11 is 0. The third kappa shape index (κ3) is 7.00. The van der Waals surface area contributed by atoms with Gasteiger partial charge in [-0.1, -0.05) is 30.3 Å². The SMILES string of the molecule is O=C(Nc1cc(N2CCOCC2)nc(OCCN2CCOCC2)n1)N(Cc1ccccc1)C1=COCO1. The summed E-state index contributed by atoms with van der Waals surface area (Å²) in [6.07, 6.45) is 1.43. The Balaban J connectivity index is 1.31. The van der Waals surface area contributed by atoms with Crippen LogP contribution in [0.2, 0.25) is 0 Å². The van der Waals surface area contributed by atoms with Crippen LogP contribution in [0.5, 0.6) is 6.01 Å². The predicted octanol–water partition coefficient (Wildman–Crippen LogP) is 1.86. The number of morpholine rings is 2. The minimum Gasteiger partial charge on any atom is -0.462 e. The number of anilines is 2. The lowest BCUT2D eigenvalue weighted by Gasteiger charge is -2.28. The monoisotopic (exact) mass is 512 g/mol. The van der Waals surface area contributed by atoms with E-state index in [1.807, 2.05) is 30.3 Å². The lowest BCUT2D eigenvalue weighted by Crippen LogP contribution is -2.39. The molecule has 0 saturated carbocycles. The van der Waals surface area contributed by atoms with Crippen LogP contribution in [-0.4, -0.2) is 98.4 Å². The number of carbonyl (C=O) groups excluding carboxylic acids is 1. The van der Waals surface area contributed by atoms with E-state index >= 15 is 0 Å². The molecule has 2 amide bonds. The molecule has 0 aliphatic carbocycles. The van der Waals surface area contributed by atoms with Crippen LogP contribution in [-0.2, 0) is 25.5 Å². The molecule has 0 bridgehead atoms. The number of rotatable bonds is 9. The summed E-state index contributed by atoms with van der Waals surface area (Å²) in [5, 5.41) is 2.89. The highest BCUT2D eigenvalue weighted by atomic mass is 16.7. The number of benzene rings is 1. The maximum atomic E-state index is 13.4. The number of nitrogens with zero attached hydrogens (tertiary/aromatic N) is 5. The van der Waals surface area contributed by atoms with Crippen molar-refractivity contribution < 1.29 is 28.5 Å². The van der Waals surface area contributed by atoms with E-state index in [-0.39, 0.29) is 12.8 Å². The zero-order valence-corrected chi connectivity index (χ0v) is 20.7. The Labute approximate surface area is 215 Å². The number of hydrogen-bond donors (Lipinski definition) is 1. The molecule has 198 valence electrons. The van der Waals surface area contributed by atoms with Crippen LogP contribution in [0.4, 0.5) is 16.4 Å². The van der Waals surface area contributed by atoms with Crippen LogP contribution in [0.15, 0.2) is 48.5 Å². The molecule has 2 aromatic rings. The number of nitrogens with one attached hydrogen (secondary N) is 1. The van der Waals surface area contributed by atoms with E-state index in [1.54, 1.807) is 6.07 Å². The third-order valence-corrected chi connectivity index (χ3v) is 6.16. The van der Waals surface area contributed by atoms with Crippen LogP contribution in [0, 0.1) is 0 Å². The van der Waals surface area contributed by atoms with E-state index in [2.05, 4.69) is 25.1 Å². The van der Waals surface area contributed by atoms with E-state index < -0.39 is 6.03 Å². The van der Waals surface area contributed by atoms with Gasteiger partial charge in [-0.2, -0.15) is 9.97 Å². The predicted molar refractivity (Wildman–Crippen MR) is 134 cm³/mol. The van der Waals surface area contributed by atoms with Crippen molar-refractivity contribution in [2.24, 2.45) is 0 Å². The van der Waals surface area contributed by atoms with Gasteiger partial charge < -0.3 is 28.6 Å². The molecule has 0 spiro atoms. The molecule has 4 heterocycles. The largest absolute Gasteiger partial charge is 0.462 e. The quantitative estimate of drug-likeness (QED) is 0.535. The molecular weight excluding hydrogens is 480 g/mol. The Morgan fingerprint density at radius 1 is 1.03 bits per heavy atom. The number of hydrogen-bond acceptors (Lipinski definition) is 10. The number of carbonyl (C=O) groups is 1. The summed E-state index contributed by atoms with van der Waals surface area (Å²) in [7, 11) is 0. The van der Waals surface area contributed by atoms with Crippen molar-refractivity contribution in [3.05, 3.63) is 54.1 Å². The summed E-state index contributed by atoms with van der Waals surface area (Å²) in [4.78, 5) is 28.3. The van der Waals surface area contributed by atoms with E-state index in [0.717, 1.165) is 38.4 Å². The van der Waals surface area contributed by atoms with Gasteiger partial charge >= 0.3 is 12.0 Å². The molecular formula is C25H32N6O6. The van der Waals surface area contributed by atoms with Crippen molar-refractivity contribution in [3.8, 4) is 6.01 Å². The van der Waals surface area contributed by atoms with Crippen LogP contribution in [0.25, 0.3) is 0 Å². The Hall–Kier alpha value is -3.61. The Kier molecular flexibility index (Phi) is 8.51. The molecule has 1 aromatic carbocycles. The van der Waals surface area contributed by atoms with E-state index in [0.29, 0.717) is 57.0 Å². The third-order valence-electron chi connectivity index (χ3n) is 6.16. The molecule has 0 unspecified atom stereocenters. The standard InChI is InChI=1S/C25H32N6O6/c32-25(31(23-18-35-19-37-23)17-20-4-2-1-3-5-20)27-21-16-22(30-9-13-34-14-10-30)28-24(26-21)36-15-8-29-6-11-33-12-7-29/h1-5,16,18H,6-15,17,19H2,(H,26,27,28,32). The molecule has 0 atom stereocenters. The fraction of sp³-hybridized carbons (Fsp3) is 0.480. The summed E-state index contributed by atoms with van der Waals surface area (Å²) in [6.45, 7) is 7.32. The van der Waals surface area contributed by atoms with Gasteiger partial charge in [0.1, 0.15) is 24.5 Å². The molecule has 12 heteroatoms. The number of urea groups is 1. The summed E-state index contributed by atoms with van der Waals surface area (Å²) in [5.74, 6) is 1.33. The van der Waals surface area contributed by atoms with Crippen molar-refractivity contribution in [2.45, 2.75) is 6.54 Å². The van der Waals surface area contributed by atoms with Crippen molar-refractivity contribution in [3.63, 3.8) is 0 Å². The molecule has 2 saturated heterocycles. The molecule has 1 aromatic heterocycles. The van der Waals surface area contributed by atoms with E-state index in [9.17, 15) is 4.79 Å². The minimum absolute atomic E-state index is 0.0592. The van der Waals surface area contributed by atoms with Gasteiger partial charge in [0.15, 0.2) is 0 Å². The molecule has 37 heavy (non-hydrogen) atoms. The molecule has 3 aliphatic heterocycles. The van der Waals surface area contributed by atoms with Gasteiger partial charge in [0, 0.05) is 38.8 Å². The van der Waals surface area contributed by atoms with Gasteiger partial charge in [-0.3, -0.25) is 15.1 Å². The number of amides is 2. The lowest BCUT2D eigenvalue weighted by molar-refractivity contribution is 0.0317. The Bertz CT molecular complexity index is 1060. The van der Waals surface area contributed by atoms with Gasteiger partial charge in [-0.25, -0.2) is 4.79 Å². The fourth-order valence-corrected chi connectivity index (χ4v) is 4.15. The smallest absolute Gasteiger partial charge is 0.330 e. The summed E-state index contributed by atoms with van der Waals surface area (Å²) in [5.41, 5.74) is 0.942. The van der Waals surface area contributed by atoms with E-state index in [4.69, 9.17) is 23.7 Å². The molecule has 2 fully saturated rings. The first kappa shape index (κ1) is 25.1. The maximum absolute atomic E-state index is 13.4. The number of ether oxygens (including phenoxy) is 5. The minimum atomic E-state index is -0.411. The first-order chi connectivity index (χ1) is 18.2.